The third-order valence-corrected chi connectivity index (χ3v) is 5.29. The maximum Gasteiger partial charge on any atom is 0.191 e. The smallest absolute Gasteiger partial charge is 0.191 e. The van der Waals surface area contributed by atoms with Crippen LogP contribution >= 0.6 is 0 Å². The van der Waals surface area contributed by atoms with Crippen molar-refractivity contribution in [2.24, 2.45) is 4.99 Å². The van der Waals surface area contributed by atoms with Gasteiger partial charge in [0.1, 0.15) is 0 Å². The quantitative estimate of drug-likeness (QED) is 0.467. The van der Waals surface area contributed by atoms with Crippen molar-refractivity contribution in [2.45, 2.75) is 44.8 Å². The van der Waals surface area contributed by atoms with E-state index in [-0.39, 0.29) is 0 Å². The molecule has 142 valence electrons. The van der Waals surface area contributed by atoms with Crippen molar-refractivity contribution in [2.75, 3.05) is 33.4 Å². The second-order valence-electron chi connectivity index (χ2n) is 7.28. The molecule has 1 fully saturated rings. The highest BCUT2D eigenvalue weighted by Crippen LogP contribution is 2.20. The molecule has 1 saturated heterocycles. The van der Waals surface area contributed by atoms with E-state index in [0.29, 0.717) is 12.1 Å². The first-order valence-electron chi connectivity index (χ1n) is 9.75. The molecular formula is C21H32N4O. The molecule has 2 aliphatic heterocycles. The summed E-state index contributed by atoms with van der Waals surface area (Å²) in [5, 5.41) is 7.06. The molecule has 2 heterocycles. The van der Waals surface area contributed by atoms with Crippen LogP contribution < -0.4 is 10.6 Å². The molecule has 0 aromatic heterocycles. The van der Waals surface area contributed by atoms with Crippen molar-refractivity contribution in [1.82, 2.24) is 15.5 Å². The van der Waals surface area contributed by atoms with E-state index >= 15 is 0 Å². The maximum absolute atomic E-state index is 5.36. The van der Waals surface area contributed by atoms with Gasteiger partial charge in [0, 0.05) is 38.8 Å². The molecule has 5 heteroatoms. The fraction of sp³-hybridized carbons (Fsp3) is 0.571. The Morgan fingerprint density at radius 1 is 1.31 bits per heavy atom. The van der Waals surface area contributed by atoms with Gasteiger partial charge in [0.2, 0.25) is 0 Å². The second kappa shape index (κ2) is 9.74. The lowest BCUT2D eigenvalue weighted by Crippen LogP contribution is -2.44. The monoisotopic (exact) mass is 356 g/mol. The third-order valence-electron chi connectivity index (χ3n) is 5.29. The standard InChI is InChI=1S/C21H32N4O/c1-17-14-20(16-25(17)15-19-6-4-3-5-7-19)24-21(22-2)23-11-8-18-9-12-26-13-10-18/h3-7,9,17,20H,8,10-16H2,1-2H3,(H2,22,23,24). The maximum atomic E-state index is 5.36. The summed E-state index contributed by atoms with van der Waals surface area (Å²) in [6, 6.07) is 11.8. The van der Waals surface area contributed by atoms with Gasteiger partial charge >= 0.3 is 0 Å². The number of nitrogens with one attached hydrogen (secondary N) is 2. The molecule has 0 spiro atoms. The van der Waals surface area contributed by atoms with Crippen LogP contribution in [0.4, 0.5) is 0 Å². The van der Waals surface area contributed by atoms with E-state index < -0.39 is 0 Å². The van der Waals surface area contributed by atoms with Gasteiger partial charge in [-0.2, -0.15) is 0 Å². The van der Waals surface area contributed by atoms with Crippen molar-refractivity contribution in [1.29, 1.82) is 0 Å². The lowest BCUT2D eigenvalue weighted by molar-refractivity contribution is 0.153. The highest BCUT2D eigenvalue weighted by molar-refractivity contribution is 5.80. The Morgan fingerprint density at radius 3 is 2.88 bits per heavy atom. The number of benzene rings is 1. The summed E-state index contributed by atoms with van der Waals surface area (Å²) in [5.41, 5.74) is 2.87. The average molecular weight is 357 g/mol. The van der Waals surface area contributed by atoms with Crippen LogP contribution in [0.2, 0.25) is 0 Å². The molecule has 2 N–H and O–H groups in total. The predicted molar refractivity (Wildman–Crippen MR) is 107 cm³/mol. The zero-order valence-corrected chi connectivity index (χ0v) is 16.1. The van der Waals surface area contributed by atoms with Crippen LogP contribution in [-0.2, 0) is 11.3 Å². The Morgan fingerprint density at radius 2 is 2.15 bits per heavy atom. The Labute approximate surface area is 157 Å². The Balaban J connectivity index is 1.43. The molecule has 0 amide bonds. The normalized spacial score (nSPS) is 24.4. The topological polar surface area (TPSA) is 48.9 Å². The van der Waals surface area contributed by atoms with Gasteiger partial charge in [-0.25, -0.2) is 0 Å². The van der Waals surface area contributed by atoms with Gasteiger partial charge in [-0.05, 0) is 31.7 Å². The number of guanidine groups is 1. The van der Waals surface area contributed by atoms with E-state index in [0.717, 1.165) is 58.1 Å². The van der Waals surface area contributed by atoms with E-state index in [1.165, 1.54) is 11.1 Å². The van der Waals surface area contributed by atoms with E-state index in [4.69, 9.17) is 4.74 Å². The summed E-state index contributed by atoms with van der Waals surface area (Å²) in [5.74, 6) is 0.913. The predicted octanol–water partition coefficient (Wildman–Crippen LogP) is 2.55. The molecule has 26 heavy (non-hydrogen) atoms. The Bertz CT molecular complexity index is 614. The van der Waals surface area contributed by atoms with Crippen molar-refractivity contribution >= 4 is 5.96 Å². The second-order valence-corrected chi connectivity index (χ2v) is 7.28. The average Bonchev–Trinajstić information content (AvgIpc) is 3.01. The molecule has 3 rings (SSSR count). The van der Waals surface area contributed by atoms with E-state index in [1.54, 1.807) is 0 Å². The van der Waals surface area contributed by atoms with Crippen molar-refractivity contribution in [3.8, 4) is 0 Å². The van der Waals surface area contributed by atoms with E-state index in [2.05, 4.69) is 63.9 Å². The molecule has 0 bridgehead atoms. The number of hydrogen-bond acceptors (Lipinski definition) is 3. The first-order chi connectivity index (χ1) is 12.7. The fourth-order valence-electron chi connectivity index (χ4n) is 3.76. The minimum absolute atomic E-state index is 0.446. The van der Waals surface area contributed by atoms with E-state index in [9.17, 15) is 0 Å². The van der Waals surface area contributed by atoms with Gasteiger partial charge in [-0.3, -0.25) is 9.89 Å². The SMILES string of the molecule is CN=C(NCCC1=CCOCC1)NC1CC(C)N(Cc2ccccc2)C1. The molecule has 0 radical (unpaired) electrons. The zero-order valence-electron chi connectivity index (χ0n) is 16.1. The van der Waals surface area contributed by atoms with Crippen molar-refractivity contribution in [3.63, 3.8) is 0 Å². The molecule has 2 aliphatic rings. The molecule has 2 unspecified atom stereocenters. The molecule has 5 nitrogen and oxygen atoms in total. The minimum Gasteiger partial charge on any atom is -0.377 e. The van der Waals surface area contributed by atoms with Gasteiger partial charge in [0.05, 0.1) is 13.2 Å². The highest BCUT2D eigenvalue weighted by Gasteiger charge is 2.29. The van der Waals surface area contributed by atoms with Gasteiger partial charge in [0.25, 0.3) is 0 Å². The Kier molecular flexibility index (Phi) is 7.09. The lowest BCUT2D eigenvalue weighted by atomic mass is 10.1. The van der Waals surface area contributed by atoms with Crippen LogP contribution in [0, 0.1) is 0 Å². The number of rotatable bonds is 6. The van der Waals surface area contributed by atoms with Crippen molar-refractivity contribution in [3.05, 3.63) is 47.5 Å². The van der Waals surface area contributed by atoms with Crippen LogP contribution in [0.3, 0.4) is 0 Å². The number of hydrogen-bond donors (Lipinski definition) is 2. The number of ether oxygens (including phenoxy) is 1. The van der Waals surface area contributed by atoms with Gasteiger partial charge in [0.15, 0.2) is 5.96 Å². The molecular weight excluding hydrogens is 324 g/mol. The number of likely N-dealkylation sites (tertiary alicyclic amines) is 1. The van der Waals surface area contributed by atoms with Crippen LogP contribution in [-0.4, -0.2) is 56.3 Å². The first-order valence-corrected chi connectivity index (χ1v) is 9.75. The van der Waals surface area contributed by atoms with Gasteiger partial charge in [-0.15, -0.1) is 0 Å². The first kappa shape index (κ1) is 18.9. The minimum atomic E-state index is 0.446. The molecule has 2 atom stereocenters. The van der Waals surface area contributed by atoms with Crippen LogP contribution in [0.15, 0.2) is 47.0 Å². The Hall–Kier alpha value is -1.85. The molecule has 0 saturated carbocycles. The molecule has 1 aromatic carbocycles. The summed E-state index contributed by atoms with van der Waals surface area (Å²) in [4.78, 5) is 6.95. The summed E-state index contributed by atoms with van der Waals surface area (Å²) in [6.45, 7) is 6.93. The molecule has 0 aliphatic carbocycles. The summed E-state index contributed by atoms with van der Waals surface area (Å²) < 4.78 is 5.36. The van der Waals surface area contributed by atoms with Crippen LogP contribution in [0.5, 0.6) is 0 Å². The highest BCUT2D eigenvalue weighted by atomic mass is 16.5. The lowest BCUT2D eigenvalue weighted by Gasteiger charge is -2.21. The van der Waals surface area contributed by atoms with Gasteiger partial charge in [-0.1, -0.05) is 42.0 Å². The number of aliphatic imine (C=N–C) groups is 1. The van der Waals surface area contributed by atoms with Crippen LogP contribution in [0.25, 0.3) is 0 Å². The van der Waals surface area contributed by atoms with E-state index in [1.807, 2.05) is 7.05 Å². The third kappa shape index (κ3) is 5.58. The zero-order chi connectivity index (χ0) is 18.2. The largest absolute Gasteiger partial charge is 0.377 e. The van der Waals surface area contributed by atoms with Gasteiger partial charge < -0.3 is 15.4 Å². The van der Waals surface area contributed by atoms with Crippen molar-refractivity contribution < 1.29 is 4.74 Å². The summed E-state index contributed by atoms with van der Waals surface area (Å²) in [7, 11) is 1.85. The number of nitrogens with zero attached hydrogens (tertiary/aromatic N) is 2. The molecule has 1 aromatic rings. The summed E-state index contributed by atoms with van der Waals surface area (Å²) >= 11 is 0. The fourth-order valence-corrected chi connectivity index (χ4v) is 3.76. The summed E-state index contributed by atoms with van der Waals surface area (Å²) in [6.07, 6.45) is 5.48. The van der Waals surface area contributed by atoms with Crippen LogP contribution in [0.1, 0.15) is 31.7 Å².